The second-order valence-corrected chi connectivity index (χ2v) is 6.49. The number of nitrogens with one attached hydrogen (secondary N) is 1. The van der Waals surface area contributed by atoms with Gasteiger partial charge < -0.3 is 5.32 Å². The summed E-state index contributed by atoms with van der Waals surface area (Å²) in [4.78, 5) is 13.3. The lowest BCUT2D eigenvalue weighted by Gasteiger charge is -2.10. The zero-order valence-corrected chi connectivity index (χ0v) is 11.9. The quantitative estimate of drug-likeness (QED) is 0.826. The van der Waals surface area contributed by atoms with Crippen LogP contribution in [0.15, 0.2) is 29.2 Å². The topological polar surface area (TPSA) is 29.1 Å². The average molecular weight is 263 g/mol. The van der Waals surface area contributed by atoms with Gasteiger partial charge in [0.1, 0.15) is 0 Å². The molecule has 0 aromatic heterocycles. The number of benzene rings is 1. The molecule has 1 amide bonds. The maximum Gasteiger partial charge on any atom is 0.233 e. The molecule has 0 saturated carbocycles. The van der Waals surface area contributed by atoms with E-state index in [4.69, 9.17) is 0 Å². The summed E-state index contributed by atoms with van der Waals surface area (Å²) in [5.74, 6) is 0.909. The molecule has 1 heterocycles. The van der Waals surface area contributed by atoms with Crippen molar-refractivity contribution < 1.29 is 4.79 Å². The van der Waals surface area contributed by atoms with E-state index in [0.29, 0.717) is 5.92 Å². The second-order valence-electron chi connectivity index (χ2n) is 5.25. The van der Waals surface area contributed by atoms with Gasteiger partial charge in [0.05, 0.1) is 5.25 Å². The summed E-state index contributed by atoms with van der Waals surface area (Å²) >= 11 is 1.70. The van der Waals surface area contributed by atoms with Crippen molar-refractivity contribution >= 4 is 17.7 Å². The highest BCUT2D eigenvalue weighted by molar-refractivity contribution is 8.01. The monoisotopic (exact) mass is 263 g/mol. The third kappa shape index (κ3) is 3.52. The van der Waals surface area contributed by atoms with Gasteiger partial charge in [-0.25, -0.2) is 0 Å². The molecule has 2 rings (SSSR count). The summed E-state index contributed by atoms with van der Waals surface area (Å²) in [6.07, 6.45) is 3.13. The van der Waals surface area contributed by atoms with Crippen LogP contribution in [0.3, 0.4) is 0 Å². The van der Waals surface area contributed by atoms with Crippen molar-refractivity contribution in [3.8, 4) is 0 Å². The number of hydrogen-bond acceptors (Lipinski definition) is 2. The molecule has 3 heteroatoms. The van der Waals surface area contributed by atoms with Gasteiger partial charge in [0.15, 0.2) is 0 Å². The molecule has 1 unspecified atom stereocenters. The predicted octanol–water partition coefficient (Wildman–Crippen LogP) is 3.26. The SMILES string of the molecule is CC(C)CCCNC(=O)C1Cc2ccccc2S1. The van der Waals surface area contributed by atoms with Gasteiger partial charge in [-0.3, -0.25) is 4.79 Å². The number of hydrogen-bond donors (Lipinski definition) is 1. The van der Waals surface area contributed by atoms with E-state index in [9.17, 15) is 4.79 Å². The number of carbonyl (C=O) groups excluding carboxylic acids is 1. The van der Waals surface area contributed by atoms with Gasteiger partial charge in [-0.2, -0.15) is 0 Å². The zero-order valence-electron chi connectivity index (χ0n) is 11.1. The number of rotatable bonds is 5. The fourth-order valence-corrected chi connectivity index (χ4v) is 3.38. The minimum Gasteiger partial charge on any atom is -0.355 e. The smallest absolute Gasteiger partial charge is 0.233 e. The maximum atomic E-state index is 12.0. The Morgan fingerprint density at radius 1 is 1.44 bits per heavy atom. The molecule has 1 aliphatic heterocycles. The Morgan fingerprint density at radius 2 is 2.22 bits per heavy atom. The Balaban J connectivity index is 1.76. The summed E-state index contributed by atoms with van der Waals surface area (Å²) < 4.78 is 0. The number of carbonyl (C=O) groups is 1. The van der Waals surface area contributed by atoms with Gasteiger partial charge in [0, 0.05) is 11.4 Å². The normalized spacial score (nSPS) is 17.8. The first-order valence-corrected chi connectivity index (χ1v) is 7.57. The Morgan fingerprint density at radius 3 is 2.94 bits per heavy atom. The lowest BCUT2D eigenvalue weighted by Crippen LogP contribution is -2.33. The first-order valence-electron chi connectivity index (χ1n) is 6.69. The highest BCUT2D eigenvalue weighted by Crippen LogP contribution is 2.36. The molecule has 0 saturated heterocycles. The average Bonchev–Trinajstić information content (AvgIpc) is 2.78. The molecule has 1 aliphatic rings. The van der Waals surface area contributed by atoms with Crippen LogP contribution in [0.1, 0.15) is 32.3 Å². The van der Waals surface area contributed by atoms with Crippen molar-refractivity contribution in [3.05, 3.63) is 29.8 Å². The summed E-state index contributed by atoms with van der Waals surface area (Å²) in [7, 11) is 0. The van der Waals surface area contributed by atoms with E-state index >= 15 is 0 Å². The van der Waals surface area contributed by atoms with Crippen LogP contribution in [0.2, 0.25) is 0 Å². The fraction of sp³-hybridized carbons (Fsp3) is 0.533. The minimum absolute atomic E-state index is 0.0708. The minimum atomic E-state index is 0.0708. The molecule has 18 heavy (non-hydrogen) atoms. The molecular weight excluding hydrogens is 242 g/mol. The van der Waals surface area contributed by atoms with Crippen molar-refractivity contribution in [1.29, 1.82) is 0 Å². The van der Waals surface area contributed by atoms with Crippen LogP contribution in [-0.4, -0.2) is 17.7 Å². The third-order valence-corrected chi connectivity index (χ3v) is 4.51. The molecule has 2 nitrogen and oxygen atoms in total. The van der Waals surface area contributed by atoms with E-state index in [2.05, 4.69) is 31.3 Å². The van der Waals surface area contributed by atoms with Crippen LogP contribution in [-0.2, 0) is 11.2 Å². The van der Waals surface area contributed by atoms with Crippen LogP contribution in [0.4, 0.5) is 0 Å². The number of amides is 1. The molecule has 0 fully saturated rings. The number of thioether (sulfide) groups is 1. The third-order valence-electron chi connectivity index (χ3n) is 3.20. The molecule has 0 radical (unpaired) electrons. The van der Waals surface area contributed by atoms with Crippen molar-refractivity contribution in [2.24, 2.45) is 5.92 Å². The summed E-state index contributed by atoms with van der Waals surface area (Å²) in [6.45, 7) is 5.24. The molecule has 98 valence electrons. The highest BCUT2D eigenvalue weighted by atomic mass is 32.2. The van der Waals surface area contributed by atoms with Gasteiger partial charge in [-0.05, 0) is 36.8 Å². The summed E-state index contributed by atoms with van der Waals surface area (Å²) in [6, 6.07) is 8.30. The van der Waals surface area contributed by atoms with Crippen LogP contribution in [0.5, 0.6) is 0 Å². The van der Waals surface area contributed by atoms with Crippen molar-refractivity contribution in [3.63, 3.8) is 0 Å². The number of fused-ring (bicyclic) bond motifs is 1. The largest absolute Gasteiger partial charge is 0.355 e. The van der Waals surface area contributed by atoms with E-state index in [1.807, 2.05) is 12.1 Å². The maximum absolute atomic E-state index is 12.0. The van der Waals surface area contributed by atoms with Gasteiger partial charge in [-0.15, -0.1) is 11.8 Å². The van der Waals surface area contributed by atoms with E-state index in [1.54, 1.807) is 11.8 Å². The standard InChI is InChI=1S/C15H21NOS/c1-11(2)6-5-9-16-15(17)14-10-12-7-3-4-8-13(12)18-14/h3-4,7-8,11,14H,5-6,9-10H2,1-2H3,(H,16,17). The molecule has 1 aromatic carbocycles. The van der Waals surface area contributed by atoms with Gasteiger partial charge in [0.2, 0.25) is 5.91 Å². The Kier molecular flexibility index (Phi) is 4.70. The van der Waals surface area contributed by atoms with Crippen LogP contribution < -0.4 is 5.32 Å². The molecule has 1 atom stereocenters. The first kappa shape index (κ1) is 13.5. The fourth-order valence-electron chi connectivity index (χ4n) is 2.16. The molecule has 0 spiro atoms. The lowest BCUT2D eigenvalue weighted by molar-refractivity contribution is -0.120. The van der Waals surface area contributed by atoms with E-state index in [-0.39, 0.29) is 11.2 Å². The zero-order chi connectivity index (χ0) is 13.0. The van der Waals surface area contributed by atoms with E-state index in [1.165, 1.54) is 16.9 Å². The highest BCUT2D eigenvalue weighted by Gasteiger charge is 2.27. The second kappa shape index (κ2) is 6.28. The van der Waals surface area contributed by atoms with Gasteiger partial charge in [-0.1, -0.05) is 32.0 Å². The van der Waals surface area contributed by atoms with Crippen molar-refractivity contribution in [2.45, 2.75) is 43.3 Å². The van der Waals surface area contributed by atoms with Crippen LogP contribution in [0.25, 0.3) is 0 Å². The van der Waals surface area contributed by atoms with Crippen molar-refractivity contribution in [2.75, 3.05) is 6.54 Å². The van der Waals surface area contributed by atoms with E-state index in [0.717, 1.165) is 19.4 Å². The van der Waals surface area contributed by atoms with Crippen LogP contribution >= 0.6 is 11.8 Å². The Hall–Kier alpha value is -0.960. The van der Waals surface area contributed by atoms with Gasteiger partial charge >= 0.3 is 0 Å². The van der Waals surface area contributed by atoms with E-state index < -0.39 is 0 Å². The first-order chi connectivity index (χ1) is 8.66. The molecule has 1 aromatic rings. The Bertz CT molecular complexity index is 392. The van der Waals surface area contributed by atoms with Crippen molar-refractivity contribution in [1.82, 2.24) is 5.32 Å². The molecule has 1 N–H and O–H groups in total. The van der Waals surface area contributed by atoms with Crippen LogP contribution in [0, 0.1) is 5.92 Å². The summed E-state index contributed by atoms with van der Waals surface area (Å²) in [5.41, 5.74) is 1.31. The predicted molar refractivity (Wildman–Crippen MR) is 76.9 cm³/mol. The molecular formula is C15H21NOS. The van der Waals surface area contributed by atoms with Gasteiger partial charge in [0.25, 0.3) is 0 Å². The summed E-state index contributed by atoms with van der Waals surface area (Å²) in [5, 5.41) is 3.13. The molecule has 0 aliphatic carbocycles. The lowest BCUT2D eigenvalue weighted by atomic mass is 10.1. The molecule has 0 bridgehead atoms. The Labute approximate surface area is 114 Å².